The highest BCUT2D eigenvalue weighted by molar-refractivity contribution is 4.89. The van der Waals surface area contributed by atoms with Gasteiger partial charge in [-0.3, -0.25) is 0 Å². The molecule has 1 rings (SSSR count). The minimum Gasteiger partial charge on any atom is -0.370 e. The van der Waals surface area contributed by atoms with Crippen LogP contribution in [0.15, 0.2) is 0 Å². The van der Waals surface area contributed by atoms with E-state index < -0.39 is 0 Å². The second-order valence-electron chi connectivity index (χ2n) is 4.79. The molecule has 1 aliphatic rings. The molecule has 0 aromatic rings. The van der Waals surface area contributed by atoms with Crippen molar-refractivity contribution in [2.24, 2.45) is 5.73 Å². The van der Waals surface area contributed by atoms with Gasteiger partial charge < -0.3 is 10.5 Å². The van der Waals surface area contributed by atoms with Crippen molar-refractivity contribution < 1.29 is 4.74 Å². The molecule has 1 saturated heterocycles. The van der Waals surface area contributed by atoms with Crippen molar-refractivity contribution in [2.45, 2.75) is 57.8 Å². The van der Waals surface area contributed by atoms with Gasteiger partial charge in [0.25, 0.3) is 0 Å². The fraction of sp³-hybridized carbons (Fsp3) is 1.00. The van der Waals surface area contributed by atoms with Crippen LogP contribution in [0.1, 0.15) is 40.5 Å². The largest absolute Gasteiger partial charge is 0.370 e. The van der Waals surface area contributed by atoms with Crippen molar-refractivity contribution in [3.8, 4) is 0 Å². The molecule has 0 radical (unpaired) electrons. The monoisotopic (exact) mass is 157 g/mol. The highest BCUT2D eigenvalue weighted by atomic mass is 16.5. The highest BCUT2D eigenvalue weighted by Crippen LogP contribution is 2.33. The molecule has 2 nitrogen and oxygen atoms in total. The fourth-order valence-corrected chi connectivity index (χ4v) is 2.17. The Morgan fingerprint density at radius 1 is 1.09 bits per heavy atom. The van der Waals surface area contributed by atoms with E-state index in [1.54, 1.807) is 0 Å². The molecule has 0 atom stereocenters. The summed E-state index contributed by atoms with van der Waals surface area (Å²) >= 11 is 0. The maximum absolute atomic E-state index is 5.91. The third-order valence-corrected chi connectivity index (χ3v) is 2.06. The summed E-state index contributed by atoms with van der Waals surface area (Å²) in [4.78, 5) is 0. The molecule has 0 aliphatic carbocycles. The summed E-state index contributed by atoms with van der Waals surface area (Å²) in [5, 5.41) is 0. The van der Waals surface area contributed by atoms with E-state index in [0.717, 1.165) is 12.8 Å². The standard InChI is InChI=1S/C9H19NO/c1-8(2)5-7(10)6-9(3,4)11-8/h7H,5-6,10H2,1-4H3. The van der Waals surface area contributed by atoms with Crippen molar-refractivity contribution in [2.75, 3.05) is 0 Å². The number of hydrogen-bond acceptors (Lipinski definition) is 2. The van der Waals surface area contributed by atoms with Gasteiger partial charge in [-0.2, -0.15) is 0 Å². The van der Waals surface area contributed by atoms with Crippen LogP contribution >= 0.6 is 0 Å². The Bertz CT molecular complexity index is 136. The van der Waals surface area contributed by atoms with Crippen LogP contribution in [0, 0.1) is 0 Å². The SMILES string of the molecule is CC1(C)CC(N)CC(C)(C)O1. The van der Waals surface area contributed by atoms with Crippen LogP contribution in [0.4, 0.5) is 0 Å². The van der Waals surface area contributed by atoms with Crippen LogP contribution in [0.2, 0.25) is 0 Å². The van der Waals surface area contributed by atoms with Crippen LogP contribution < -0.4 is 5.73 Å². The molecule has 11 heavy (non-hydrogen) atoms. The van der Waals surface area contributed by atoms with E-state index in [0.29, 0.717) is 6.04 Å². The first-order chi connectivity index (χ1) is 4.81. The summed E-state index contributed by atoms with van der Waals surface area (Å²) in [6.07, 6.45) is 1.94. The van der Waals surface area contributed by atoms with Gasteiger partial charge in [0.1, 0.15) is 0 Å². The van der Waals surface area contributed by atoms with E-state index in [1.807, 2.05) is 0 Å². The van der Waals surface area contributed by atoms with Crippen LogP contribution in [0.25, 0.3) is 0 Å². The van der Waals surface area contributed by atoms with Gasteiger partial charge >= 0.3 is 0 Å². The Morgan fingerprint density at radius 2 is 1.45 bits per heavy atom. The third-order valence-electron chi connectivity index (χ3n) is 2.06. The topological polar surface area (TPSA) is 35.2 Å². The first kappa shape index (κ1) is 9.01. The molecule has 0 aromatic heterocycles. The van der Waals surface area contributed by atoms with E-state index in [2.05, 4.69) is 27.7 Å². The molecule has 0 spiro atoms. The molecule has 2 heteroatoms. The normalized spacial score (nSPS) is 30.3. The van der Waals surface area contributed by atoms with E-state index in [9.17, 15) is 0 Å². The predicted molar refractivity (Wildman–Crippen MR) is 46.5 cm³/mol. The van der Waals surface area contributed by atoms with Crippen LogP contribution in [-0.2, 0) is 4.74 Å². The van der Waals surface area contributed by atoms with Crippen LogP contribution in [0.3, 0.4) is 0 Å². The average molecular weight is 157 g/mol. The Kier molecular flexibility index (Phi) is 2.01. The molecular weight excluding hydrogens is 138 g/mol. The smallest absolute Gasteiger partial charge is 0.0648 e. The van der Waals surface area contributed by atoms with Crippen LogP contribution in [-0.4, -0.2) is 17.2 Å². The van der Waals surface area contributed by atoms with Gasteiger partial charge in [0, 0.05) is 6.04 Å². The molecule has 0 amide bonds. The Morgan fingerprint density at radius 3 is 1.73 bits per heavy atom. The second kappa shape index (κ2) is 2.46. The van der Waals surface area contributed by atoms with E-state index in [-0.39, 0.29) is 11.2 Å². The minimum absolute atomic E-state index is 0.0405. The summed E-state index contributed by atoms with van der Waals surface area (Å²) in [5.74, 6) is 0. The van der Waals surface area contributed by atoms with Gasteiger partial charge in [0.2, 0.25) is 0 Å². The fourth-order valence-electron chi connectivity index (χ4n) is 2.17. The molecule has 1 heterocycles. The maximum Gasteiger partial charge on any atom is 0.0648 e. The summed E-state index contributed by atoms with van der Waals surface area (Å²) in [6.45, 7) is 8.42. The minimum atomic E-state index is -0.0405. The molecule has 1 aliphatic heterocycles. The number of rotatable bonds is 0. The molecule has 66 valence electrons. The lowest BCUT2D eigenvalue weighted by atomic mass is 9.86. The van der Waals surface area contributed by atoms with E-state index in [1.165, 1.54) is 0 Å². The zero-order chi connectivity index (χ0) is 8.70. The zero-order valence-corrected chi connectivity index (χ0v) is 7.98. The van der Waals surface area contributed by atoms with Gasteiger partial charge in [-0.05, 0) is 40.5 Å². The maximum atomic E-state index is 5.91. The number of hydrogen-bond donors (Lipinski definition) is 1. The lowest BCUT2D eigenvalue weighted by Crippen LogP contribution is -2.50. The van der Waals surface area contributed by atoms with Crippen LogP contribution in [0.5, 0.6) is 0 Å². The Balaban J connectivity index is 2.66. The lowest BCUT2D eigenvalue weighted by Gasteiger charge is -2.44. The second-order valence-corrected chi connectivity index (χ2v) is 4.79. The van der Waals surface area contributed by atoms with Crippen molar-refractivity contribution in [1.82, 2.24) is 0 Å². The summed E-state index contributed by atoms with van der Waals surface area (Å²) in [7, 11) is 0. The van der Waals surface area contributed by atoms with Gasteiger partial charge in [-0.1, -0.05) is 0 Å². The van der Waals surface area contributed by atoms with Crippen molar-refractivity contribution in [3.05, 3.63) is 0 Å². The summed E-state index contributed by atoms with van der Waals surface area (Å²) in [5.41, 5.74) is 5.82. The van der Waals surface area contributed by atoms with Gasteiger partial charge in [-0.15, -0.1) is 0 Å². The zero-order valence-electron chi connectivity index (χ0n) is 7.98. The predicted octanol–water partition coefficient (Wildman–Crippen LogP) is 1.68. The van der Waals surface area contributed by atoms with Gasteiger partial charge in [0.05, 0.1) is 11.2 Å². The van der Waals surface area contributed by atoms with Gasteiger partial charge in [0.15, 0.2) is 0 Å². The molecule has 1 fully saturated rings. The van der Waals surface area contributed by atoms with E-state index in [4.69, 9.17) is 10.5 Å². The Labute approximate surface area is 69.1 Å². The highest BCUT2D eigenvalue weighted by Gasteiger charge is 2.37. The van der Waals surface area contributed by atoms with Crippen molar-refractivity contribution >= 4 is 0 Å². The first-order valence-electron chi connectivity index (χ1n) is 4.27. The first-order valence-corrected chi connectivity index (χ1v) is 4.27. The van der Waals surface area contributed by atoms with Crippen molar-refractivity contribution in [1.29, 1.82) is 0 Å². The molecule has 0 saturated carbocycles. The molecule has 0 bridgehead atoms. The molecule has 2 N–H and O–H groups in total. The molecular formula is C9H19NO. The van der Waals surface area contributed by atoms with E-state index >= 15 is 0 Å². The number of ether oxygens (including phenoxy) is 1. The molecule has 0 aromatic carbocycles. The van der Waals surface area contributed by atoms with Gasteiger partial charge in [-0.25, -0.2) is 0 Å². The summed E-state index contributed by atoms with van der Waals surface area (Å²) < 4.78 is 5.85. The summed E-state index contributed by atoms with van der Waals surface area (Å²) in [6, 6.07) is 0.300. The molecule has 0 unspecified atom stereocenters. The Hall–Kier alpha value is -0.0800. The number of nitrogens with two attached hydrogens (primary N) is 1. The third kappa shape index (κ3) is 2.46. The lowest BCUT2D eigenvalue weighted by molar-refractivity contribution is -0.160. The van der Waals surface area contributed by atoms with Crippen molar-refractivity contribution in [3.63, 3.8) is 0 Å². The quantitative estimate of drug-likeness (QED) is 0.580. The average Bonchev–Trinajstić information content (AvgIpc) is 1.49.